The zero-order chi connectivity index (χ0) is 18.3. The van der Waals surface area contributed by atoms with Crippen molar-refractivity contribution in [1.82, 2.24) is 21.3 Å². The second-order valence-electron chi connectivity index (χ2n) is 7.10. The van der Waals surface area contributed by atoms with E-state index < -0.39 is 0 Å². The largest absolute Gasteiger partial charge is 0.317 e. The van der Waals surface area contributed by atoms with E-state index in [-0.39, 0.29) is 0 Å². The van der Waals surface area contributed by atoms with Crippen LogP contribution >= 0.6 is 0 Å². The standard InChI is InChI=1S/C21H48N4/c1-3-22-16-12-14-20-24-18-10-8-6-5-7-9-11-19-25-21-15-13-17-23-4-2/h22-25H,3-21H2,1-2H3. The molecule has 0 aromatic rings. The second-order valence-corrected chi connectivity index (χ2v) is 7.10. The van der Waals surface area contributed by atoms with Gasteiger partial charge in [-0.3, -0.25) is 0 Å². The summed E-state index contributed by atoms with van der Waals surface area (Å²) >= 11 is 0. The summed E-state index contributed by atoms with van der Waals surface area (Å²) < 4.78 is 0. The number of unbranched alkanes of at least 4 members (excludes halogenated alkanes) is 8. The third-order valence-electron chi connectivity index (χ3n) is 4.62. The quantitative estimate of drug-likeness (QED) is 0.224. The molecule has 0 unspecified atom stereocenters. The Balaban J connectivity index is 2.94. The van der Waals surface area contributed by atoms with Crippen molar-refractivity contribution in [2.75, 3.05) is 52.4 Å². The molecular formula is C21H48N4. The molecule has 4 heteroatoms. The number of rotatable bonds is 22. The molecule has 4 nitrogen and oxygen atoms in total. The van der Waals surface area contributed by atoms with Gasteiger partial charge in [-0.25, -0.2) is 0 Å². The molecule has 0 aliphatic rings. The van der Waals surface area contributed by atoms with Crippen LogP contribution in [0.4, 0.5) is 0 Å². The zero-order valence-electron chi connectivity index (χ0n) is 17.4. The lowest BCUT2D eigenvalue weighted by Gasteiger charge is -2.06. The molecule has 0 radical (unpaired) electrons. The van der Waals surface area contributed by atoms with E-state index in [2.05, 4.69) is 35.1 Å². The molecule has 0 saturated carbocycles. The van der Waals surface area contributed by atoms with E-state index >= 15 is 0 Å². The van der Waals surface area contributed by atoms with Gasteiger partial charge in [0.25, 0.3) is 0 Å². The van der Waals surface area contributed by atoms with Gasteiger partial charge in [-0.15, -0.1) is 0 Å². The Labute approximate surface area is 158 Å². The molecule has 0 heterocycles. The smallest absolute Gasteiger partial charge is 0.00484 e. The van der Waals surface area contributed by atoms with Crippen LogP contribution in [0.1, 0.15) is 84.5 Å². The summed E-state index contributed by atoms with van der Waals surface area (Å²) in [7, 11) is 0. The van der Waals surface area contributed by atoms with Crippen LogP contribution in [0, 0.1) is 0 Å². The topological polar surface area (TPSA) is 48.1 Å². The molecule has 152 valence electrons. The van der Waals surface area contributed by atoms with Crippen molar-refractivity contribution in [2.24, 2.45) is 0 Å². The summed E-state index contributed by atoms with van der Waals surface area (Å²) in [6.45, 7) is 13.7. The van der Waals surface area contributed by atoms with Gasteiger partial charge in [0.2, 0.25) is 0 Å². The van der Waals surface area contributed by atoms with Gasteiger partial charge in [0, 0.05) is 0 Å². The highest BCUT2D eigenvalue weighted by Crippen LogP contribution is 2.06. The molecule has 0 aliphatic heterocycles. The van der Waals surface area contributed by atoms with Gasteiger partial charge in [-0.1, -0.05) is 46.0 Å². The van der Waals surface area contributed by atoms with Gasteiger partial charge in [0.05, 0.1) is 0 Å². The van der Waals surface area contributed by atoms with E-state index in [9.17, 15) is 0 Å². The first-order chi connectivity index (χ1) is 12.4. The first-order valence-corrected chi connectivity index (χ1v) is 11.2. The van der Waals surface area contributed by atoms with E-state index in [0.29, 0.717) is 0 Å². The van der Waals surface area contributed by atoms with Crippen molar-refractivity contribution in [3.63, 3.8) is 0 Å². The molecule has 0 atom stereocenters. The molecule has 0 saturated heterocycles. The average Bonchev–Trinajstić information content (AvgIpc) is 2.63. The van der Waals surface area contributed by atoms with Gasteiger partial charge in [0.15, 0.2) is 0 Å². The Hall–Kier alpha value is -0.160. The number of nitrogens with one attached hydrogen (secondary N) is 4. The van der Waals surface area contributed by atoms with Crippen molar-refractivity contribution >= 4 is 0 Å². The Bertz CT molecular complexity index is 202. The van der Waals surface area contributed by atoms with E-state index in [1.807, 2.05) is 0 Å². The van der Waals surface area contributed by atoms with Gasteiger partial charge in [0.1, 0.15) is 0 Å². The maximum absolute atomic E-state index is 3.57. The van der Waals surface area contributed by atoms with Crippen molar-refractivity contribution in [3.05, 3.63) is 0 Å². The van der Waals surface area contributed by atoms with Crippen molar-refractivity contribution in [2.45, 2.75) is 84.5 Å². The fourth-order valence-electron chi connectivity index (χ4n) is 2.99. The van der Waals surface area contributed by atoms with E-state index in [0.717, 1.165) is 13.1 Å². The van der Waals surface area contributed by atoms with Gasteiger partial charge in [-0.2, -0.15) is 0 Å². The van der Waals surface area contributed by atoms with Crippen molar-refractivity contribution in [3.8, 4) is 0 Å². The lowest BCUT2D eigenvalue weighted by molar-refractivity contribution is 0.530. The average molecular weight is 357 g/mol. The summed E-state index contributed by atoms with van der Waals surface area (Å²) in [5.74, 6) is 0. The van der Waals surface area contributed by atoms with Gasteiger partial charge in [-0.05, 0) is 90.9 Å². The molecule has 0 aliphatic carbocycles. The summed E-state index contributed by atoms with van der Waals surface area (Å²) in [5.41, 5.74) is 0. The molecule has 25 heavy (non-hydrogen) atoms. The molecule has 0 aromatic carbocycles. The first-order valence-electron chi connectivity index (χ1n) is 11.2. The van der Waals surface area contributed by atoms with E-state index in [4.69, 9.17) is 0 Å². The Morgan fingerprint density at radius 1 is 0.320 bits per heavy atom. The highest BCUT2D eigenvalue weighted by Gasteiger charge is 1.94. The molecule has 0 fully saturated rings. The third kappa shape index (κ3) is 23.8. The molecule has 0 bridgehead atoms. The van der Waals surface area contributed by atoms with Crippen LogP contribution in [0.2, 0.25) is 0 Å². The van der Waals surface area contributed by atoms with Crippen LogP contribution in [0.3, 0.4) is 0 Å². The maximum atomic E-state index is 3.57. The minimum Gasteiger partial charge on any atom is -0.317 e. The van der Waals surface area contributed by atoms with Gasteiger partial charge < -0.3 is 21.3 Å². The fraction of sp³-hybridized carbons (Fsp3) is 1.00. The van der Waals surface area contributed by atoms with Crippen molar-refractivity contribution < 1.29 is 0 Å². The molecular weight excluding hydrogens is 308 g/mol. The predicted octanol–water partition coefficient (Wildman–Crippen LogP) is 3.68. The predicted molar refractivity (Wildman–Crippen MR) is 114 cm³/mol. The lowest BCUT2D eigenvalue weighted by atomic mass is 10.1. The minimum absolute atomic E-state index is 1.10. The Morgan fingerprint density at radius 2 is 0.560 bits per heavy atom. The monoisotopic (exact) mass is 356 g/mol. The number of hydrogen-bond acceptors (Lipinski definition) is 4. The second kappa shape index (κ2) is 23.8. The van der Waals surface area contributed by atoms with Crippen LogP contribution < -0.4 is 21.3 Å². The Kier molecular flexibility index (Phi) is 23.7. The van der Waals surface area contributed by atoms with Crippen LogP contribution in [-0.4, -0.2) is 52.4 Å². The Morgan fingerprint density at radius 3 is 0.880 bits per heavy atom. The van der Waals surface area contributed by atoms with Gasteiger partial charge >= 0.3 is 0 Å². The summed E-state index contributed by atoms with van der Waals surface area (Å²) in [5, 5.41) is 13.9. The number of hydrogen-bond donors (Lipinski definition) is 4. The summed E-state index contributed by atoms with van der Waals surface area (Å²) in [6, 6.07) is 0. The molecule has 0 spiro atoms. The lowest BCUT2D eigenvalue weighted by Crippen LogP contribution is -2.19. The third-order valence-corrected chi connectivity index (χ3v) is 4.62. The van der Waals surface area contributed by atoms with Crippen LogP contribution in [0.5, 0.6) is 0 Å². The molecule has 0 aromatic heterocycles. The van der Waals surface area contributed by atoms with Crippen LogP contribution in [0.25, 0.3) is 0 Å². The highest BCUT2D eigenvalue weighted by molar-refractivity contribution is 4.54. The van der Waals surface area contributed by atoms with Crippen LogP contribution in [0.15, 0.2) is 0 Å². The molecule has 0 rings (SSSR count). The summed E-state index contributed by atoms with van der Waals surface area (Å²) in [4.78, 5) is 0. The summed E-state index contributed by atoms with van der Waals surface area (Å²) in [6.07, 6.45) is 14.9. The molecule has 0 amide bonds. The van der Waals surface area contributed by atoms with E-state index in [1.54, 1.807) is 0 Å². The molecule has 4 N–H and O–H groups in total. The minimum atomic E-state index is 1.10. The van der Waals surface area contributed by atoms with Crippen LogP contribution in [-0.2, 0) is 0 Å². The highest BCUT2D eigenvalue weighted by atomic mass is 14.9. The fourth-order valence-corrected chi connectivity index (χ4v) is 2.99. The normalized spacial score (nSPS) is 11.3. The van der Waals surface area contributed by atoms with E-state index in [1.165, 1.54) is 110 Å². The SMILES string of the molecule is CCNCCCCNCCCCCCCCCNCCCCNCC. The van der Waals surface area contributed by atoms with Crippen molar-refractivity contribution in [1.29, 1.82) is 0 Å². The first kappa shape index (κ1) is 24.8. The maximum Gasteiger partial charge on any atom is -0.00484 e. The zero-order valence-corrected chi connectivity index (χ0v) is 17.4.